The van der Waals surface area contributed by atoms with Crippen LogP contribution < -0.4 is 5.32 Å². The van der Waals surface area contributed by atoms with Crippen LogP contribution in [0.4, 0.5) is 0 Å². The minimum absolute atomic E-state index is 0.0335. The molecule has 1 unspecified atom stereocenters. The molecule has 1 aromatic carbocycles. The average Bonchev–Trinajstić information content (AvgIpc) is 2.98. The van der Waals surface area contributed by atoms with Gasteiger partial charge in [-0.15, -0.1) is 11.3 Å². The number of benzene rings is 1. The van der Waals surface area contributed by atoms with Gasteiger partial charge in [0.25, 0.3) is 0 Å². The SMILES string of the molecule is Cc1ccc(C(Cc2cccs2)C(=O)N[C@@H](C)CO)cc1. The van der Waals surface area contributed by atoms with Crippen LogP contribution in [0.5, 0.6) is 0 Å². The Balaban J connectivity index is 2.21. The minimum Gasteiger partial charge on any atom is -0.394 e. The Kier molecular flexibility index (Phi) is 5.53. The number of rotatable bonds is 6. The van der Waals surface area contributed by atoms with Crippen molar-refractivity contribution in [2.45, 2.75) is 32.2 Å². The highest BCUT2D eigenvalue weighted by atomic mass is 32.1. The topological polar surface area (TPSA) is 49.3 Å². The Hall–Kier alpha value is -1.65. The molecular weight excluding hydrogens is 282 g/mol. The zero-order valence-electron chi connectivity index (χ0n) is 12.4. The van der Waals surface area contributed by atoms with Crippen molar-refractivity contribution in [3.8, 4) is 0 Å². The molecule has 0 bridgehead atoms. The number of aliphatic hydroxyl groups is 1. The van der Waals surface area contributed by atoms with Gasteiger partial charge in [0.15, 0.2) is 0 Å². The molecule has 0 fully saturated rings. The standard InChI is InChI=1S/C17H21NO2S/c1-12-5-7-14(8-6-12)16(10-15-4-3-9-21-15)17(20)18-13(2)11-19/h3-9,13,16,19H,10-11H2,1-2H3,(H,18,20)/t13-,16?/m0/s1. The fraction of sp³-hybridized carbons (Fsp3) is 0.353. The second-order valence-electron chi connectivity index (χ2n) is 5.34. The molecule has 1 amide bonds. The number of nitrogens with one attached hydrogen (secondary N) is 1. The lowest BCUT2D eigenvalue weighted by atomic mass is 9.93. The summed E-state index contributed by atoms with van der Waals surface area (Å²) < 4.78 is 0. The quantitative estimate of drug-likeness (QED) is 0.862. The molecule has 0 aliphatic carbocycles. The number of hydrogen-bond acceptors (Lipinski definition) is 3. The van der Waals surface area contributed by atoms with E-state index in [0.717, 1.165) is 5.56 Å². The van der Waals surface area contributed by atoms with Crippen LogP contribution in [-0.2, 0) is 11.2 Å². The summed E-state index contributed by atoms with van der Waals surface area (Å²) in [5.74, 6) is -0.257. The van der Waals surface area contributed by atoms with Crippen LogP contribution in [0.3, 0.4) is 0 Å². The molecule has 2 atom stereocenters. The molecule has 1 aromatic heterocycles. The van der Waals surface area contributed by atoms with Crippen LogP contribution in [0, 0.1) is 6.92 Å². The molecule has 0 aliphatic heterocycles. The van der Waals surface area contributed by atoms with Gasteiger partial charge in [-0.1, -0.05) is 35.9 Å². The summed E-state index contributed by atoms with van der Waals surface area (Å²) in [6, 6.07) is 11.9. The van der Waals surface area contributed by atoms with E-state index in [4.69, 9.17) is 5.11 Å². The molecule has 21 heavy (non-hydrogen) atoms. The van der Waals surface area contributed by atoms with Crippen LogP contribution in [-0.4, -0.2) is 23.7 Å². The zero-order valence-corrected chi connectivity index (χ0v) is 13.2. The number of carbonyl (C=O) groups excluding carboxylic acids is 1. The lowest BCUT2D eigenvalue weighted by Gasteiger charge is -2.19. The first kappa shape index (κ1) is 15.7. The Morgan fingerprint density at radius 2 is 2.00 bits per heavy atom. The van der Waals surface area contributed by atoms with E-state index in [1.165, 1.54) is 10.4 Å². The van der Waals surface area contributed by atoms with Crippen molar-refractivity contribution in [1.29, 1.82) is 0 Å². The monoisotopic (exact) mass is 303 g/mol. The predicted octanol–water partition coefficient (Wildman–Crippen LogP) is 2.88. The zero-order chi connectivity index (χ0) is 15.2. The van der Waals surface area contributed by atoms with Gasteiger partial charge < -0.3 is 10.4 Å². The molecule has 0 spiro atoms. The van der Waals surface area contributed by atoms with E-state index in [1.54, 1.807) is 18.3 Å². The summed E-state index contributed by atoms with van der Waals surface area (Å²) in [4.78, 5) is 13.7. The summed E-state index contributed by atoms with van der Waals surface area (Å²) in [7, 11) is 0. The third-order valence-corrected chi connectivity index (χ3v) is 4.34. The number of thiophene rings is 1. The molecule has 1 heterocycles. The summed E-state index contributed by atoms with van der Waals surface area (Å²) in [6.07, 6.45) is 0.685. The van der Waals surface area contributed by atoms with E-state index < -0.39 is 0 Å². The van der Waals surface area contributed by atoms with E-state index in [9.17, 15) is 4.79 Å². The molecule has 0 saturated carbocycles. The number of aliphatic hydroxyl groups excluding tert-OH is 1. The van der Waals surface area contributed by atoms with Crippen molar-refractivity contribution < 1.29 is 9.90 Å². The first-order valence-electron chi connectivity index (χ1n) is 7.10. The van der Waals surface area contributed by atoms with Crippen LogP contribution in [0.1, 0.15) is 28.8 Å². The van der Waals surface area contributed by atoms with Crippen molar-refractivity contribution in [3.05, 3.63) is 57.8 Å². The Bertz CT molecular complexity index is 563. The predicted molar refractivity (Wildman–Crippen MR) is 86.6 cm³/mol. The first-order valence-corrected chi connectivity index (χ1v) is 7.98. The second-order valence-corrected chi connectivity index (χ2v) is 6.37. The maximum atomic E-state index is 12.5. The molecule has 112 valence electrons. The smallest absolute Gasteiger partial charge is 0.228 e. The van der Waals surface area contributed by atoms with Gasteiger partial charge in [-0.3, -0.25) is 4.79 Å². The van der Waals surface area contributed by atoms with Crippen LogP contribution >= 0.6 is 11.3 Å². The largest absolute Gasteiger partial charge is 0.394 e. The molecule has 0 saturated heterocycles. The number of aryl methyl sites for hydroxylation is 1. The van der Waals surface area contributed by atoms with Crippen molar-refractivity contribution in [2.75, 3.05) is 6.61 Å². The molecular formula is C17H21NO2S. The van der Waals surface area contributed by atoms with Crippen molar-refractivity contribution in [2.24, 2.45) is 0 Å². The number of hydrogen-bond donors (Lipinski definition) is 2. The molecule has 0 aliphatic rings. The summed E-state index contributed by atoms with van der Waals surface area (Å²) in [6.45, 7) is 3.78. The molecule has 0 radical (unpaired) electrons. The lowest BCUT2D eigenvalue weighted by molar-refractivity contribution is -0.123. The van der Waals surface area contributed by atoms with E-state index in [-0.39, 0.29) is 24.5 Å². The highest BCUT2D eigenvalue weighted by Gasteiger charge is 2.22. The highest BCUT2D eigenvalue weighted by Crippen LogP contribution is 2.24. The second kappa shape index (κ2) is 7.38. The van der Waals surface area contributed by atoms with Gasteiger partial charge in [-0.25, -0.2) is 0 Å². The van der Waals surface area contributed by atoms with Crippen molar-refractivity contribution in [3.63, 3.8) is 0 Å². The number of amides is 1. The van der Waals surface area contributed by atoms with Gasteiger partial charge in [0.05, 0.1) is 12.5 Å². The minimum atomic E-state index is -0.228. The maximum Gasteiger partial charge on any atom is 0.228 e. The van der Waals surface area contributed by atoms with E-state index in [0.29, 0.717) is 6.42 Å². The van der Waals surface area contributed by atoms with Crippen LogP contribution in [0.2, 0.25) is 0 Å². The Labute approximate surface area is 129 Å². The molecule has 3 nitrogen and oxygen atoms in total. The third kappa shape index (κ3) is 4.41. The Morgan fingerprint density at radius 1 is 1.29 bits per heavy atom. The molecule has 2 aromatic rings. The summed E-state index contributed by atoms with van der Waals surface area (Å²) >= 11 is 1.66. The maximum absolute atomic E-state index is 12.5. The summed E-state index contributed by atoms with van der Waals surface area (Å²) in [5, 5.41) is 14.0. The molecule has 4 heteroatoms. The fourth-order valence-corrected chi connectivity index (χ4v) is 2.93. The number of carbonyl (C=O) groups is 1. The van der Waals surface area contributed by atoms with Crippen LogP contribution in [0.25, 0.3) is 0 Å². The van der Waals surface area contributed by atoms with E-state index in [2.05, 4.69) is 11.4 Å². The van der Waals surface area contributed by atoms with E-state index >= 15 is 0 Å². The normalized spacial score (nSPS) is 13.7. The van der Waals surface area contributed by atoms with Crippen molar-refractivity contribution in [1.82, 2.24) is 5.32 Å². The highest BCUT2D eigenvalue weighted by molar-refractivity contribution is 7.09. The first-order chi connectivity index (χ1) is 10.1. The lowest BCUT2D eigenvalue weighted by Crippen LogP contribution is -2.38. The van der Waals surface area contributed by atoms with Crippen LogP contribution in [0.15, 0.2) is 41.8 Å². The van der Waals surface area contributed by atoms with Gasteiger partial charge in [-0.05, 0) is 37.3 Å². The van der Waals surface area contributed by atoms with Gasteiger partial charge in [0.2, 0.25) is 5.91 Å². The molecule has 2 rings (SSSR count). The third-order valence-electron chi connectivity index (χ3n) is 3.44. The van der Waals surface area contributed by atoms with Gasteiger partial charge in [0.1, 0.15) is 0 Å². The fourth-order valence-electron chi connectivity index (χ4n) is 2.18. The Morgan fingerprint density at radius 3 is 2.57 bits per heavy atom. The van der Waals surface area contributed by atoms with Crippen molar-refractivity contribution >= 4 is 17.2 Å². The molecule has 2 N–H and O–H groups in total. The van der Waals surface area contributed by atoms with Gasteiger partial charge in [0, 0.05) is 10.9 Å². The average molecular weight is 303 g/mol. The summed E-state index contributed by atoms with van der Waals surface area (Å²) in [5.41, 5.74) is 2.19. The van der Waals surface area contributed by atoms with Gasteiger partial charge >= 0.3 is 0 Å². The van der Waals surface area contributed by atoms with Gasteiger partial charge in [-0.2, -0.15) is 0 Å². The van der Waals surface area contributed by atoms with E-state index in [1.807, 2.05) is 42.6 Å².